The van der Waals surface area contributed by atoms with Crippen LogP contribution in [-0.2, 0) is 0 Å². The average Bonchev–Trinajstić information content (AvgIpc) is 2.91. The third kappa shape index (κ3) is 3.25. The standard InChI is InChI=1S/C12H24N2/c1-2-11-6-9-14(10-11)8-3-7-13-12-4-5-12/h11-13H,2-10H2,1H3. The van der Waals surface area contributed by atoms with Crippen molar-refractivity contribution in [2.75, 3.05) is 26.2 Å². The Hall–Kier alpha value is -0.0800. The van der Waals surface area contributed by atoms with Gasteiger partial charge in [-0.3, -0.25) is 0 Å². The molecule has 1 heterocycles. The van der Waals surface area contributed by atoms with Gasteiger partial charge in [0.25, 0.3) is 0 Å². The Balaban J connectivity index is 1.48. The number of nitrogens with zero attached hydrogens (tertiary/aromatic N) is 1. The SMILES string of the molecule is CCC1CCN(CCCNC2CC2)C1. The van der Waals surface area contributed by atoms with E-state index >= 15 is 0 Å². The van der Waals surface area contributed by atoms with E-state index in [1.807, 2.05) is 0 Å². The third-order valence-corrected chi connectivity index (χ3v) is 3.61. The average molecular weight is 196 g/mol. The molecule has 1 atom stereocenters. The summed E-state index contributed by atoms with van der Waals surface area (Å²) in [6.45, 7) is 7.58. The summed E-state index contributed by atoms with van der Waals surface area (Å²) in [6, 6.07) is 0.886. The first-order valence-electron chi connectivity index (χ1n) is 6.34. The van der Waals surface area contributed by atoms with Crippen molar-refractivity contribution in [1.82, 2.24) is 10.2 Å². The summed E-state index contributed by atoms with van der Waals surface area (Å²) in [6.07, 6.45) is 6.99. The Kier molecular flexibility index (Phi) is 3.82. The fourth-order valence-corrected chi connectivity index (χ4v) is 2.35. The summed E-state index contributed by atoms with van der Waals surface area (Å²) in [7, 11) is 0. The maximum Gasteiger partial charge on any atom is 0.00682 e. The maximum absolute atomic E-state index is 3.58. The molecule has 0 aromatic rings. The van der Waals surface area contributed by atoms with Crippen molar-refractivity contribution in [1.29, 1.82) is 0 Å². The van der Waals surface area contributed by atoms with Crippen LogP contribution in [0.15, 0.2) is 0 Å². The number of rotatable bonds is 6. The van der Waals surface area contributed by atoms with Crippen LogP contribution in [-0.4, -0.2) is 37.1 Å². The molecule has 2 heteroatoms. The fraction of sp³-hybridized carbons (Fsp3) is 1.00. The van der Waals surface area contributed by atoms with E-state index in [9.17, 15) is 0 Å². The van der Waals surface area contributed by atoms with E-state index in [0.29, 0.717) is 0 Å². The van der Waals surface area contributed by atoms with Crippen molar-refractivity contribution in [3.8, 4) is 0 Å². The first kappa shape index (κ1) is 10.4. The van der Waals surface area contributed by atoms with Crippen molar-refractivity contribution < 1.29 is 0 Å². The van der Waals surface area contributed by atoms with E-state index in [4.69, 9.17) is 0 Å². The first-order chi connectivity index (χ1) is 6.88. The van der Waals surface area contributed by atoms with E-state index in [-0.39, 0.29) is 0 Å². The molecular weight excluding hydrogens is 172 g/mol. The second-order valence-corrected chi connectivity index (χ2v) is 4.95. The van der Waals surface area contributed by atoms with E-state index in [0.717, 1.165) is 12.0 Å². The molecule has 2 aliphatic rings. The molecule has 0 aromatic heterocycles. The highest BCUT2D eigenvalue weighted by atomic mass is 15.1. The van der Waals surface area contributed by atoms with E-state index in [2.05, 4.69) is 17.1 Å². The highest BCUT2D eigenvalue weighted by molar-refractivity contribution is 4.81. The van der Waals surface area contributed by atoms with Gasteiger partial charge in [0, 0.05) is 12.6 Å². The van der Waals surface area contributed by atoms with Gasteiger partial charge in [0.1, 0.15) is 0 Å². The molecule has 2 fully saturated rings. The fourth-order valence-electron chi connectivity index (χ4n) is 2.35. The zero-order valence-electron chi connectivity index (χ0n) is 9.47. The minimum Gasteiger partial charge on any atom is -0.314 e. The summed E-state index contributed by atoms with van der Waals surface area (Å²) < 4.78 is 0. The van der Waals surface area contributed by atoms with Gasteiger partial charge in [-0.05, 0) is 51.2 Å². The molecule has 14 heavy (non-hydrogen) atoms. The van der Waals surface area contributed by atoms with E-state index in [1.165, 1.54) is 58.3 Å². The van der Waals surface area contributed by atoms with E-state index < -0.39 is 0 Å². The Morgan fingerprint density at radius 1 is 1.29 bits per heavy atom. The molecule has 0 amide bonds. The highest BCUT2D eigenvalue weighted by Crippen LogP contribution is 2.20. The number of hydrogen-bond donors (Lipinski definition) is 1. The van der Waals surface area contributed by atoms with Crippen LogP contribution in [0.3, 0.4) is 0 Å². The molecule has 1 unspecified atom stereocenters. The van der Waals surface area contributed by atoms with E-state index in [1.54, 1.807) is 0 Å². The molecule has 1 saturated carbocycles. The molecule has 0 bridgehead atoms. The number of likely N-dealkylation sites (tertiary alicyclic amines) is 1. The largest absolute Gasteiger partial charge is 0.314 e. The number of hydrogen-bond acceptors (Lipinski definition) is 2. The Labute approximate surface area is 88.1 Å². The smallest absolute Gasteiger partial charge is 0.00682 e. The minimum absolute atomic E-state index is 0.886. The van der Waals surface area contributed by atoms with Crippen LogP contribution >= 0.6 is 0 Å². The molecule has 1 aliphatic carbocycles. The van der Waals surface area contributed by atoms with Crippen molar-refractivity contribution in [2.24, 2.45) is 5.92 Å². The van der Waals surface area contributed by atoms with Gasteiger partial charge in [-0.1, -0.05) is 13.3 Å². The van der Waals surface area contributed by atoms with Gasteiger partial charge in [0.2, 0.25) is 0 Å². The quantitative estimate of drug-likeness (QED) is 0.652. The molecule has 2 rings (SSSR count). The summed E-state index contributed by atoms with van der Waals surface area (Å²) >= 11 is 0. The molecule has 2 nitrogen and oxygen atoms in total. The van der Waals surface area contributed by atoms with Gasteiger partial charge in [-0.2, -0.15) is 0 Å². The number of nitrogens with one attached hydrogen (secondary N) is 1. The molecule has 1 N–H and O–H groups in total. The minimum atomic E-state index is 0.886. The van der Waals surface area contributed by atoms with Crippen LogP contribution < -0.4 is 5.32 Å². The first-order valence-corrected chi connectivity index (χ1v) is 6.34. The monoisotopic (exact) mass is 196 g/mol. The topological polar surface area (TPSA) is 15.3 Å². The Morgan fingerprint density at radius 3 is 2.79 bits per heavy atom. The highest BCUT2D eigenvalue weighted by Gasteiger charge is 2.21. The lowest BCUT2D eigenvalue weighted by atomic mass is 10.1. The van der Waals surface area contributed by atoms with Gasteiger partial charge < -0.3 is 10.2 Å². The van der Waals surface area contributed by atoms with Crippen LogP contribution in [0.4, 0.5) is 0 Å². The molecule has 82 valence electrons. The molecular formula is C12H24N2. The molecule has 1 saturated heterocycles. The molecule has 0 aromatic carbocycles. The lowest BCUT2D eigenvalue weighted by Crippen LogP contribution is -2.26. The van der Waals surface area contributed by atoms with Gasteiger partial charge >= 0.3 is 0 Å². The molecule has 0 radical (unpaired) electrons. The third-order valence-electron chi connectivity index (χ3n) is 3.61. The molecule has 0 spiro atoms. The normalized spacial score (nSPS) is 28.5. The van der Waals surface area contributed by atoms with Crippen LogP contribution in [0.1, 0.15) is 39.0 Å². The van der Waals surface area contributed by atoms with Crippen molar-refractivity contribution in [3.05, 3.63) is 0 Å². The predicted octanol–water partition coefficient (Wildman–Crippen LogP) is 1.86. The van der Waals surface area contributed by atoms with Gasteiger partial charge in [0.15, 0.2) is 0 Å². The van der Waals surface area contributed by atoms with Crippen molar-refractivity contribution >= 4 is 0 Å². The van der Waals surface area contributed by atoms with Crippen molar-refractivity contribution in [3.63, 3.8) is 0 Å². The predicted molar refractivity (Wildman–Crippen MR) is 60.5 cm³/mol. The summed E-state index contributed by atoms with van der Waals surface area (Å²) in [5.41, 5.74) is 0. The second-order valence-electron chi connectivity index (χ2n) is 4.95. The Morgan fingerprint density at radius 2 is 2.14 bits per heavy atom. The van der Waals surface area contributed by atoms with Gasteiger partial charge in [-0.25, -0.2) is 0 Å². The van der Waals surface area contributed by atoms with Crippen LogP contribution in [0.25, 0.3) is 0 Å². The second kappa shape index (κ2) is 5.13. The van der Waals surface area contributed by atoms with Crippen LogP contribution in [0, 0.1) is 5.92 Å². The van der Waals surface area contributed by atoms with Crippen molar-refractivity contribution in [2.45, 2.75) is 45.1 Å². The zero-order chi connectivity index (χ0) is 9.80. The Bertz CT molecular complexity index is 166. The van der Waals surface area contributed by atoms with Crippen LogP contribution in [0.2, 0.25) is 0 Å². The van der Waals surface area contributed by atoms with Crippen LogP contribution in [0.5, 0.6) is 0 Å². The lowest BCUT2D eigenvalue weighted by Gasteiger charge is -2.15. The summed E-state index contributed by atoms with van der Waals surface area (Å²) in [5, 5.41) is 3.58. The van der Waals surface area contributed by atoms with Gasteiger partial charge in [-0.15, -0.1) is 0 Å². The zero-order valence-corrected chi connectivity index (χ0v) is 9.47. The molecule has 1 aliphatic heterocycles. The van der Waals surface area contributed by atoms with Gasteiger partial charge in [0.05, 0.1) is 0 Å². The summed E-state index contributed by atoms with van der Waals surface area (Å²) in [4.78, 5) is 2.64. The maximum atomic E-state index is 3.58. The summed E-state index contributed by atoms with van der Waals surface area (Å²) in [5.74, 6) is 0.992. The lowest BCUT2D eigenvalue weighted by molar-refractivity contribution is 0.316.